The van der Waals surface area contributed by atoms with Crippen molar-refractivity contribution in [2.75, 3.05) is 22.6 Å². The normalized spacial score (nSPS) is 15.5. The first-order valence-electron chi connectivity index (χ1n) is 10.7. The third-order valence-electron chi connectivity index (χ3n) is 5.45. The fraction of sp³-hybridized carbons (Fsp3) is 0.333. The summed E-state index contributed by atoms with van der Waals surface area (Å²) in [6, 6.07) is 14.6. The number of hydrazine groups is 1. The summed E-state index contributed by atoms with van der Waals surface area (Å²) in [4.78, 5) is 17.2. The Labute approximate surface area is 184 Å². The number of anilines is 3. The molecule has 0 saturated heterocycles. The van der Waals surface area contributed by atoms with Crippen molar-refractivity contribution in [3.63, 3.8) is 0 Å². The second-order valence-electron chi connectivity index (χ2n) is 8.05. The van der Waals surface area contributed by atoms with Crippen LogP contribution in [0.4, 0.5) is 22.7 Å². The highest BCUT2D eigenvalue weighted by atomic mass is 16.2. The van der Waals surface area contributed by atoms with Crippen molar-refractivity contribution < 1.29 is 4.79 Å². The molecule has 0 bridgehead atoms. The molecule has 2 aromatic rings. The summed E-state index contributed by atoms with van der Waals surface area (Å²) in [5.74, 6) is 6.59. The van der Waals surface area contributed by atoms with Gasteiger partial charge in [0.1, 0.15) is 6.54 Å². The number of nitrogen functional groups attached to an aromatic ring is 1. The monoisotopic (exact) mass is 420 g/mol. The zero-order valence-corrected chi connectivity index (χ0v) is 18.2. The number of nitrogens with one attached hydrogen (secondary N) is 1. The molecule has 1 saturated carbocycles. The molecular weight excluding hydrogens is 388 g/mol. The van der Waals surface area contributed by atoms with Gasteiger partial charge in [0.25, 0.3) is 0 Å². The maximum atomic E-state index is 12.4. The zero-order chi connectivity index (χ0) is 22.4. The lowest BCUT2D eigenvalue weighted by Gasteiger charge is -2.19. The standard InChI is InChI=1S/C24H32N6O/c1-3-16(2)22(14-21(26)17-8-9-17)28-18-10-12-19(13-11-18)29-24(31)15-30(27)23-7-5-4-6-20(23)25/h4-7,10-14,16-17H,3,8-9,15,25-27H2,1-2H3,(H,29,31). The number of aliphatic imine (C=N–C) groups is 1. The third-order valence-corrected chi connectivity index (χ3v) is 5.45. The number of amides is 1. The van der Waals surface area contributed by atoms with Crippen LogP contribution in [0.1, 0.15) is 33.1 Å². The van der Waals surface area contributed by atoms with Gasteiger partial charge in [-0.2, -0.15) is 0 Å². The Morgan fingerprint density at radius 2 is 1.90 bits per heavy atom. The van der Waals surface area contributed by atoms with Crippen LogP contribution in [0.5, 0.6) is 0 Å². The molecule has 31 heavy (non-hydrogen) atoms. The lowest BCUT2D eigenvalue weighted by Crippen LogP contribution is -2.38. The van der Waals surface area contributed by atoms with Gasteiger partial charge in [0.05, 0.1) is 17.1 Å². The quantitative estimate of drug-likeness (QED) is 0.212. The number of carbonyl (C=O) groups is 1. The van der Waals surface area contributed by atoms with Crippen LogP contribution in [0, 0.1) is 11.8 Å². The van der Waals surface area contributed by atoms with Crippen molar-refractivity contribution in [2.45, 2.75) is 33.1 Å². The molecule has 1 unspecified atom stereocenters. The number of nitrogens with zero attached hydrogens (tertiary/aromatic N) is 2. The van der Waals surface area contributed by atoms with E-state index in [1.807, 2.05) is 42.5 Å². The van der Waals surface area contributed by atoms with E-state index in [1.54, 1.807) is 12.1 Å². The molecule has 1 aliphatic carbocycles. The van der Waals surface area contributed by atoms with Crippen LogP contribution in [0.3, 0.4) is 0 Å². The minimum atomic E-state index is -0.234. The van der Waals surface area contributed by atoms with Crippen LogP contribution in [0.2, 0.25) is 0 Å². The predicted molar refractivity (Wildman–Crippen MR) is 129 cm³/mol. The lowest BCUT2D eigenvalue weighted by molar-refractivity contribution is -0.115. The molecule has 0 spiro atoms. The number of benzene rings is 2. The Morgan fingerprint density at radius 3 is 2.52 bits per heavy atom. The lowest BCUT2D eigenvalue weighted by atomic mass is 10.0. The van der Waals surface area contributed by atoms with Crippen molar-refractivity contribution >= 4 is 34.4 Å². The molecule has 0 aromatic heterocycles. The largest absolute Gasteiger partial charge is 0.402 e. The molecule has 2 aromatic carbocycles. The van der Waals surface area contributed by atoms with Gasteiger partial charge in [-0.1, -0.05) is 26.0 Å². The Bertz CT molecular complexity index is 962. The van der Waals surface area contributed by atoms with E-state index in [9.17, 15) is 4.79 Å². The average molecular weight is 421 g/mol. The van der Waals surface area contributed by atoms with E-state index in [2.05, 4.69) is 19.2 Å². The number of para-hydroxylation sites is 2. The highest BCUT2D eigenvalue weighted by Gasteiger charge is 2.24. The van der Waals surface area contributed by atoms with E-state index >= 15 is 0 Å². The SMILES string of the molecule is CCC(C)C(C=C(N)C1CC1)=Nc1ccc(NC(=O)CN(N)c2ccccc2N)cc1. The fourth-order valence-electron chi connectivity index (χ4n) is 3.16. The topological polar surface area (TPSA) is 123 Å². The molecule has 0 aliphatic heterocycles. The van der Waals surface area contributed by atoms with Gasteiger partial charge in [0.2, 0.25) is 5.91 Å². The summed E-state index contributed by atoms with van der Waals surface area (Å²) in [7, 11) is 0. The van der Waals surface area contributed by atoms with Gasteiger partial charge in [-0.05, 0) is 73.6 Å². The predicted octanol–water partition coefficient (Wildman–Crippen LogP) is 3.96. The summed E-state index contributed by atoms with van der Waals surface area (Å²) >= 11 is 0. The van der Waals surface area contributed by atoms with Crippen molar-refractivity contribution in [3.8, 4) is 0 Å². The van der Waals surface area contributed by atoms with Crippen molar-refractivity contribution in [1.82, 2.24) is 0 Å². The molecule has 1 atom stereocenters. The molecule has 0 heterocycles. The number of nitrogens with two attached hydrogens (primary N) is 3. The molecule has 1 fully saturated rings. The summed E-state index contributed by atoms with van der Waals surface area (Å²) in [6.45, 7) is 4.28. The average Bonchev–Trinajstić information content (AvgIpc) is 3.59. The van der Waals surface area contributed by atoms with Crippen LogP contribution >= 0.6 is 0 Å². The first kappa shape index (κ1) is 22.4. The maximum absolute atomic E-state index is 12.4. The van der Waals surface area contributed by atoms with Gasteiger partial charge in [0, 0.05) is 17.1 Å². The Hall–Kier alpha value is -3.32. The van der Waals surface area contributed by atoms with Gasteiger partial charge in [-0.25, -0.2) is 5.84 Å². The smallest absolute Gasteiger partial charge is 0.245 e. The number of hydrogen-bond acceptors (Lipinski definition) is 6. The van der Waals surface area contributed by atoms with E-state index in [0.29, 0.717) is 28.9 Å². The van der Waals surface area contributed by atoms with E-state index in [1.165, 1.54) is 17.9 Å². The van der Waals surface area contributed by atoms with E-state index in [0.717, 1.165) is 23.5 Å². The van der Waals surface area contributed by atoms with Crippen LogP contribution in [-0.2, 0) is 4.79 Å². The Kier molecular flexibility index (Phi) is 7.31. The van der Waals surface area contributed by atoms with Gasteiger partial charge >= 0.3 is 0 Å². The van der Waals surface area contributed by atoms with E-state index in [4.69, 9.17) is 22.3 Å². The van der Waals surface area contributed by atoms with Gasteiger partial charge in [-0.3, -0.25) is 14.8 Å². The summed E-state index contributed by atoms with van der Waals surface area (Å²) < 4.78 is 0. The van der Waals surface area contributed by atoms with Crippen molar-refractivity contribution in [2.24, 2.45) is 28.4 Å². The Morgan fingerprint density at radius 1 is 1.23 bits per heavy atom. The third kappa shape index (κ3) is 6.33. The zero-order valence-electron chi connectivity index (χ0n) is 18.2. The molecule has 0 radical (unpaired) electrons. The van der Waals surface area contributed by atoms with E-state index < -0.39 is 0 Å². The number of hydrogen-bond donors (Lipinski definition) is 4. The van der Waals surface area contributed by atoms with Crippen LogP contribution in [0.25, 0.3) is 0 Å². The van der Waals surface area contributed by atoms with Crippen LogP contribution < -0.4 is 27.6 Å². The minimum Gasteiger partial charge on any atom is -0.402 e. The fourth-order valence-corrected chi connectivity index (χ4v) is 3.16. The van der Waals surface area contributed by atoms with Crippen molar-refractivity contribution in [3.05, 3.63) is 60.3 Å². The second kappa shape index (κ2) is 10.1. The number of rotatable bonds is 9. The number of carbonyl (C=O) groups excluding carboxylic acids is 1. The molecule has 7 heteroatoms. The first-order valence-corrected chi connectivity index (χ1v) is 10.7. The second-order valence-corrected chi connectivity index (χ2v) is 8.05. The minimum absolute atomic E-state index is 0.0164. The van der Waals surface area contributed by atoms with E-state index in [-0.39, 0.29) is 12.5 Å². The molecule has 164 valence electrons. The van der Waals surface area contributed by atoms with Gasteiger partial charge < -0.3 is 16.8 Å². The summed E-state index contributed by atoms with van der Waals surface area (Å²) in [6.07, 6.45) is 5.36. The molecule has 7 nitrogen and oxygen atoms in total. The first-order chi connectivity index (χ1) is 14.9. The molecule has 7 N–H and O–H groups in total. The highest BCUT2D eigenvalue weighted by molar-refractivity contribution is 5.99. The van der Waals surface area contributed by atoms with Crippen molar-refractivity contribution in [1.29, 1.82) is 0 Å². The molecular formula is C24H32N6O. The molecule has 3 rings (SSSR count). The highest BCUT2D eigenvalue weighted by Crippen LogP contribution is 2.34. The van der Waals surface area contributed by atoms with Crippen LogP contribution in [-0.4, -0.2) is 18.2 Å². The maximum Gasteiger partial charge on any atom is 0.245 e. The van der Waals surface area contributed by atoms with Gasteiger partial charge in [-0.15, -0.1) is 0 Å². The summed E-state index contributed by atoms with van der Waals surface area (Å²) in [5.41, 5.74) is 16.7. The van der Waals surface area contributed by atoms with Gasteiger partial charge in [0.15, 0.2) is 0 Å². The van der Waals surface area contributed by atoms with Crippen LogP contribution in [0.15, 0.2) is 65.3 Å². The number of allylic oxidation sites excluding steroid dienone is 2. The Balaban J connectivity index is 1.64. The molecule has 1 aliphatic rings. The molecule has 1 amide bonds. The summed E-state index contributed by atoms with van der Waals surface area (Å²) in [5, 5.41) is 4.18.